The Balaban J connectivity index is 3.78. The van der Waals surface area contributed by atoms with E-state index in [0.29, 0.717) is 12.8 Å². The van der Waals surface area contributed by atoms with Crippen LogP contribution in [0.3, 0.4) is 0 Å². The van der Waals surface area contributed by atoms with Crippen molar-refractivity contribution in [1.82, 2.24) is 0 Å². The third-order valence-electron chi connectivity index (χ3n) is 2.19. The number of hydrogen-bond donors (Lipinski definition) is 1. The zero-order valence-electron chi connectivity index (χ0n) is 8.39. The summed E-state index contributed by atoms with van der Waals surface area (Å²) in [6, 6.07) is 0. The van der Waals surface area contributed by atoms with Crippen LogP contribution in [-0.4, -0.2) is 16.5 Å². The molecule has 1 N–H and O–H groups in total. The number of ketones is 1. The lowest BCUT2D eigenvalue weighted by Crippen LogP contribution is -2.34. The number of hydrogen-bond acceptors (Lipinski definition) is 2. The number of unbranched alkanes of at least 4 members (excludes halogenated alkanes) is 2. The molecule has 0 aromatic carbocycles. The molecule has 12 heavy (non-hydrogen) atoms. The molecule has 1 atom stereocenters. The van der Waals surface area contributed by atoms with Crippen molar-refractivity contribution in [3.05, 3.63) is 0 Å². The maximum absolute atomic E-state index is 11.2. The predicted octanol–water partition coefficient (Wildman–Crippen LogP) is 2.30. The van der Waals surface area contributed by atoms with E-state index < -0.39 is 5.60 Å². The van der Waals surface area contributed by atoms with Gasteiger partial charge in [0.2, 0.25) is 0 Å². The Morgan fingerprint density at radius 3 is 2.33 bits per heavy atom. The lowest BCUT2D eigenvalue weighted by molar-refractivity contribution is -0.136. The van der Waals surface area contributed by atoms with E-state index in [2.05, 4.69) is 6.92 Å². The molecular weight excluding hydrogens is 152 g/mol. The minimum Gasteiger partial charge on any atom is -0.382 e. The van der Waals surface area contributed by atoms with Crippen LogP contribution >= 0.6 is 0 Å². The number of carbonyl (C=O) groups excluding carboxylic acids is 1. The average molecular weight is 172 g/mol. The van der Waals surface area contributed by atoms with Crippen LogP contribution in [0, 0.1) is 0 Å². The van der Waals surface area contributed by atoms with E-state index in [0.717, 1.165) is 19.3 Å². The van der Waals surface area contributed by atoms with Gasteiger partial charge in [-0.2, -0.15) is 0 Å². The molecule has 0 amide bonds. The second-order valence-corrected chi connectivity index (χ2v) is 3.51. The van der Waals surface area contributed by atoms with Gasteiger partial charge in [-0.15, -0.1) is 0 Å². The van der Waals surface area contributed by atoms with E-state index in [1.807, 2.05) is 0 Å². The molecule has 0 spiro atoms. The van der Waals surface area contributed by atoms with Crippen molar-refractivity contribution in [2.75, 3.05) is 0 Å². The fourth-order valence-corrected chi connectivity index (χ4v) is 1.24. The minimum absolute atomic E-state index is 0.0430. The smallest absolute Gasteiger partial charge is 0.163 e. The van der Waals surface area contributed by atoms with Crippen molar-refractivity contribution in [3.8, 4) is 0 Å². The molecule has 0 bridgehead atoms. The highest BCUT2D eigenvalue weighted by molar-refractivity contribution is 5.86. The number of Topliss-reactive ketones (excluding diaryl/α,β-unsaturated/α-hetero) is 1. The number of aliphatic hydroxyl groups is 1. The molecule has 72 valence electrons. The molecule has 0 aromatic heterocycles. The predicted molar refractivity (Wildman–Crippen MR) is 50.1 cm³/mol. The van der Waals surface area contributed by atoms with Crippen molar-refractivity contribution in [2.45, 2.75) is 58.5 Å². The standard InChI is InChI=1S/C10H20O2/c1-4-6-7-8-10(3,12)9(11)5-2/h12H,4-8H2,1-3H3. The summed E-state index contributed by atoms with van der Waals surface area (Å²) in [7, 11) is 0. The molecule has 0 aliphatic carbocycles. The van der Waals surface area contributed by atoms with Gasteiger partial charge in [-0.25, -0.2) is 0 Å². The Labute approximate surface area is 75.0 Å². The molecule has 0 aliphatic rings. The van der Waals surface area contributed by atoms with Crippen molar-refractivity contribution in [1.29, 1.82) is 0 Å². The summed E-state index contributed by atoms with van der Waals surface area (Å²) in [5.74, 6) is -0.0430. The zero-order chi connectivity index (χ0) is 9.61. The van der Waals surface area contributed by atoms with Gasteiger partial charge in [0.05, 0.1) is 0 Å². The molecule has 2 heteroatoms. The number of rotatable bonds is 6. The van der Waals surface area contributed by atoms with Gasteiger partial charge in [0.15, 0.2) is 5.78 Å². The lowest BCUT2D eigenvalue weighted by Gasteiger charge is -2.20. The summed E-state index contributed by atoms with van der Waals surface area (Å²) in [5.41, 5.74) is -1.08. The van der Waals surface area contributed by atoms with Crippen LogP contribution in [0.2, 0.25) is 0 Å². The van der Waals surface area contributed by atoms with E-state index in [9.17, 15) is 9.90 Å². The summed E-state index contributed by atoms with van der Waals surface area (Å²) in [4.78, 5) is 11.2. The molecule has 2 nitrogen and oxygen atoms in total. The van der Waals surface area contributed by atoms with E-state index >= 15 is 0 Å². The Morgan fingerprint density at radius 1 is 1.33 bits per heavy atom. The first kappa shape index (κ1) is 11.6. The molecule has 0 rings (SSSR count). The molecule has 1 unspecified atom stereocenters. The molecular formula is C10H20O2. The fraction of sp³-hybridized carbons (Fsp3) is 0.900. The second kappa shape index (κ2) is 5.31. The third kappa shape index (κ3) is 3.86. The summed E-state index contributed by atoms with van der Waals surface area (Å²) in [5, 5.41) is 9.66. The normalized spacial score (nSPS) is 15.7. The topological polar surface area (TPSA) is 37.3 Å². The largest absolute Gasteiger partial charge is 0.382 e. The van der Waals surface area contributed by atoms with Gasteiger partial charge in [-0.1, -0.05) is 33.1 Å². The molecule has 0 aliphatic heterocycles. The number of carbonyl (C=O) groups is 1. The van der Waals surface area contributed by atoms with Crippen molar-refractivity contribution in [3.63, 3.8) is 0 Å². The van der Waals surface area contributed by atoms with Crippen molar-refractivity contribution in [2.24, 2.45) is 0 Å². The minimum atomic E-state index is -1.08. The van der Waals surface area contributed by atoms with Gasteiger partial charge in [-0.3, -0.25) is 4.79 Å². The van der Waals surface area contributed by atoms with E-state index in [1.54, 1.807) is 13.8 Å². The van der Waals surface area contributed by atoms with Gasteiger partial charge in [0.1, 0.15) is 5.60 Å². The van der Waals surface area contributed by atoms with Crippen LogP contribution in [0.15, 0.2) is 0 Å². The first-order valence-electron chi connectivity index (χ1n) is 4.80. The van der Waals surface area contributed by atoms with Gasteiger partial charge in [0.25, 0.3) is 0 Å². The maximum atomic E-state index is 11.2. The van der Waals surface area contributed by atoms with Gasteiger partial charge < -0.3 is 5.11 Å². The van der Waals surface area contributed by atoms with Crippen LogP contribution in [0.1, 0.15) is 52.9 Å². The Morgan fingerprint density at radius 2 is 1.92 bits per heavy atom. The van der Waals surface area contributed by atoms with Crippen LogP contribution in [0.25, 0.3) is 0 Å². The molecule has 0 saturated heterocycles. The lowest BCUT2D eigenvalue weighted by atomic mass is 9.92. The molecule has 0 fully saturated rings. The quantitative estimate of drug-likeness (QED) is 0.624. The van der Waals surface area contributed by atoms with Crippen LogP contribution in [0.5, 0.6) is 0 Å². The van der Waals surface area contributed by atoms with Crippen LogP contribution in [-0.2, 0) is 4.79 Å². The van der Waals surface area contributed by atoms with E-state index in [1.165, 1.54) is 0 Å². The molecule has 0 aromatic rings. The highest BCUT2D eigenvalue weighted by Gasteiger charge is 2.27. The summed E-state index contributed by atoms with van der Waals surface area (Å²) in [6.45, 7) is 5.52. The summed E-state index contributed by atoms with van der Waals surface area (Å²) in [6.07, 6.45) is 4.19. The third-order valence-corrected chi connectivity index (χ3v) is 2.19. The van der Waals surface area contributed by atoms with Crippen LogP contribution in [0.4, 0.5) is 0 Å². The van der Waals surface area contributed by atoms with Gasteiger partial charge in [-0.05, 0) is 13.3 Å². The Hall–Kier alpha value is -0.370. The molecule has 0 heterocycles. The van der Waals surface area contributed by atoms with Crippen LogP contribution < -0.4 is 0 Å². The summed E-state index contributed by atoms with van der Waals surface area (Å²) < 4.78 is 0. The fourth-order valence-electron chi connectivity index (χ4n) is 1.24. The Bertz CT molecular complexity index is 139. The maximum Gasteiger partial charge on any atom is 0.163 e. The van der Waals surface area contributed by atoms with E-state index in [-0.39, 0.29) is 5.78 Å². The summed E-state index contributed by atoms with van der Waals surface area (Å²) >= 11 is 0. The SMILES string of the molecule is CCCCCC(C)(O)C(=O)CC. The Kier molecular flexibility index (Phi) is 5.14. The molecule has 0 radical (unpaired) electrons. The van der Waals surface area contributed by atoms with E-state index in [4.69, 9.17) is 0 Å². The highest BCUT2D eigenvalue weighted by Crippen LogP contribution is 2.16. The molecule has 0 saturated carbocycles. The van der Waals surface area contributed by atoms with Gasteiger partial charge in [0, 0.05) is 6.42 Å². The zero-order valence-corrected chi connectivity index (χ0v) is 8.39. The van der Waals surface area contributed by atoms with Gasteiger partial charge >= 0.3 is 0 Å². The second-order valence-electron chi connectivity index (χ2n) is 3.51. The highest BCUT2D eigenvalue weighted by atomic mass is 16.3. The first-order chi connectivity index (χ1) is 5.54. The average Bonchev–Trinajstić information content (AvgIpc) is 2.03. The van der Waals surface area contributed by atoms with Crippen molar-refractivity contribution >= 4 is 5.78 Å². The van der Waals surface area contributed by atoms with Crippen molar-refractivity contribution < 1.29 is 9.90 Å². The first-order valence-corrected chi connectivity index (χ1v) is 4.80. The monoisotopic (exact) mass is 172 g/mol.